The fourth-order valence-electron chi connectivity index (χ4n) is 1.52. The maximum Gasteiger partial charge on any atom is 0.260 e. The first kappa shape index (κ1) is 13.1. The van der Waals surface area contributed by atoms with Gasteiger partial charge in [-0.3, -0.25) is 0 Å². The third-order valence-electron chi connectivity index (χ3n) is 2.41. The Labute approximate surface area is 110 Å². The second-order valence-electron chi connectivity index (χ2n) is 3.91. The summed E-state index contributed by atoms with van der Waals surface area (Å²) in [6.45, 7) is 2.13. The summed E-state index contributed by atoms with van der Waals surface area (Å²) in [5, 5.41) is 13.9. The lowest BCUT2D eigenvalue weighted by atomic mass is 10.1. The first-order valence-corrected chi connectivity index (χ1v) is 7.10. The molecule has 1 N–H and O–H groups in total. The number of hydrogen-bond donors (Lipinski definition) is 1. The summed E-state index contributed by atoms with van der Waals surface area (Å²) in [5.74, 6) is 2.69. The molecule has 0 saturated carbocycles. The van der Waals surface area contributed by atoms with E-state index in [1.54, 1.807) is 11.8 Å². The average molecular weight is 264 g/mol. The van der Waals surface area contributed by atoms with Gasteiger partial charge in [-0.1, -0.05) is 42.4 Å². The predicted octanol–water partition coefficient (Wildman–Crippen LogP) is 2.79. The van der Waals surface area contributed by atoms with Crippen molar-refractivity contribution in [2.45, 2.75) is 25.2 Å². The van der Waals surface area contributed by atoms with Gasteiger partial charge >= 0.3 is 0 Å². The highest BCUT2D eigenvalue weighted by molar-refractivity contribution is 7.98. The van der Waals surface area contributed by atoms with Crippen molar-refractivity contribution in [1.82, 2.24) is 10.1 Å². The minimum absolute atomic E-state index is 0.258. The molecule has 0 aliphatic carbocycles. The van der Waals surface area contributed by atoms with Crippen molar-refractivity contribution in [2.24, 2.45) is 0 Å². The van der Waals surface area contributed by atoms with Crippen LogP contribution in [0.4, 0.5) is 0 Å². The van der Waals surface area contributed by atoms with E-state index in [4.69, 9.17) is 4.52 Å². The Morgan fingerprint density at radius 1 is 1.33 bits per heavy atom. The lowest BCUT2D eigenvalue weighted by Crippen LogP contribution is -1.99. The largest absolute Gasteiger partial charge is 0.378 e. The molecule has 18 heavy (non-hydrogen) atoms. The molecular formula is C13H16N2O2S. The van der Waals surface area contributed by atoms with Crippen molar-refractivity contribution in [3.05, 3.63) is 47.6 Å². The van der Waals surface area contributed by atoms with E-state index in [0.29, 0.717) is 5.82 Å². The molecule has 1 aromatic carbocycles. The number of aliphatic hydroxyl groups is 1. The maximum atomic E-state index is 10.1. The highest BCUT2D eigenvalue weighted by Gasteiger charge is 2.17. The molecule has 0 fully saturated rings. The normalized spacial score (nSPS) is 12.6. The quantitative estimate of drug-likeness (QED) is 0.813. The summed E-state index contributed by atoms with van der Waals surface area (Å²) >= 11 is 1.76. The standard InChI is InChI=1S/C13H16N2O2S/c1-2-8-18-9-11-14-13(17-15-11)12(16)10-6-4-3-5-7-10/h3-7,12,16H,2,8-9H2,1H3. The number of thioether (sulfide) groups is 1. The van der Waals surface area contributed by atoms with E-state index in [0.717, 1.165) is 23.5 Å². The minimum Gasteiger partial charge on any atom is -0.378 e. The smallest absolute Gasteiger partial charge is 0.260 e. The molecule has 0 bridgehead atoms. The third-order valence-corrected chi connectivity index (χ3v) is 3.57. The first-order valence-electron chi connectivity index (χ1n) is 5.94. The summed E-state index contributed by atoms with van der Waals surface area (Å²) in [6.07, 6.45) is 0.283. The van der Waals surface area contributed by atoms with Crippen molar-refractivity contribution in [3.63, 3.8) is 0 Å². The number of aromatic nitrogens is 2. The van der Waals surface area contributed by atoms with Gasteiger partial charge in [0.25, 0.3) is 5.89 Å². The average Bonchev–Trinajstić information content (AvgIpc) is 2.88. The van der Waals surface area contributed by atoms with Crippen LogP contribution in [-0.2, 0) is 5.75 Å². The van der Waals surface area contributed by atoms with Gasteiger partial charge in [-0.25, -0.2) is 0 Å². The van der Waals surface area contributed by atoms with Crippen LogP contribution in [0.2, 0.25) is 0 Å². The topological polar surface area (TPSA) is 59.2 Å². The van der Waals surface area contributed by atoms with Crippen LogP contribution in [0, 0.1) is 0 Å². The Morgan fingerprint density at radius 3 is 2.83 bits per heavy atom. The number of aliphatic hydroxyl groups excluding tert-OH is 1. The van der Waals surface area contributed by atoms with Crippen molar-refractivity contribution < 1.29 is 9.63 Å². The molecule has 0 spiro atoms. The monoisotopic (exact) mass is 264 g/mol. The van der Waals surface area contributed by atoms with E-state index >= 15 is 0 Å². The van der Waals surface area contributed by atoms with Gasteiger partial charge in [0.05, 0.1) is 5.75 Å². The van der Waals surface area contributed by atoms with Gasteiger partial charge in [-0.2, -0.15) is 16.7 Å². The minimum atomic E-state index is -0.844. The Bertz CT molecular complexity index is 473. The van der Waals surface area contributed by atoms with Crippen LogP contribution >= 0.6 is 11.8 Å². The van der Waals surface area contributed by atoms with E-state index in [1.807, 2.05) is 30.3 Å². The lowest BCUT2D eigenvalue weighted by molar-refractivity contribution is 0.170. The van der Waals surface area contributed by atoms with Crippen LogP contribution in [0.1, 0.15) is 36.7 Å². The molecule has 0 amide bonds. The molecule has 1 unspecified atom stereocenters. The van der Waals surface area contributed by atoms with Gasteiger partial charge in [-0.15, -0.1) is 0 Å². The van der Waals surface area contributed by atoms with E-state index in [9.17, 15) is 5.11 Å². The molecule has 0 saturated heterocycles. The van der Waals surface area contributed by atoms with Gasteiger partial charge in [0.1, 0.15) is 0 Å². The van der Waals surface area contributed by atoms with Crippen LogP contribution in [0.3, 0.4) is 0 Å². The lowest BCUT2D eigenvalue weighted by Gasteiger charge is -2.04. The zero-order valence-electron chi connectivity index (χ0n) is 10.2. The zero-order valence-corrected chi connectivity index (χ0v) is 11.1. The molecule has 2 rings (SSSR count). The number of benzene rings is 1. The van der Waals surface area contributed by atoms with E-state index in [2.05, 4.69) is 17.1 Å². The van der Waals surface area contributed by atoms with Crippen molar-refractivity contribution >= 4 is 11.8 Å². The van der Waals surface area contributed by atoms with Gasteiger partial charge in [-0.05, 0) is 17.7 Å². The zero-order chi connectivity index (χ0) is 12.8. The van der Waals surface area contributed by atoms with Gasteiger partial charge in [0.15, 0.2) is 11.9 Å². The fourth-order valence-corrected chi connectivity index (χ4v) is 2.26. The number of hydrogen-bond acceptors (Lipinski definition) is 5. The molecule has 5 heteroatoms. The van der Waals surface area contributed by atoms with E-state index < -0.39 is 6.10 Å². The molecule has 0 aliphatic rings. The molecular weight excluding hydrogens is 248 g/mol. The van der Waals surface area contributed by atoms with Gasteiger partial charge in [0, 0.05) is 0 Å². The number of rotatable bonds is 6. The molecule has 4 nitrogen and oxygen atoms in total. The maximum absolute atomic E-state index is 10.1. The highest BCUT2D eigenvalue weighted by Crippen LogP contribution is 2.20. The summed E-state index contributed by atoms with van der Waals surface area (Å²) in [6, 6.07) is 9.30. The molecule has 0 aliphatic heterocycles. The number of nitrogens with zero attached hydrogens (tertiary/aromatic N) is 2. The molecule has 1 atom stereocenters. The Morgan fingerprint density at radius 2 is 2.11 bits per heavy atom. The van der Waals surface area contributed by atoms with Crippen LogP contribution < -0.4 is 0 Å². The summed E-state index contributed by atoms with van der Waals surface area (Å²) in [5.41, 5.74) is 0.758. The second-order valence-corrected chi connectivity index (χ2v) is 5.02. The Kier molecular flexibility index (Phi) is 4.78. The molecule has 0 radical (unpaired) electrons. The summed E-state index contributed by atoms with van der Waals surface area (Å²) in [4.78, 5) is 4.21. The van der Waals surface area contributed by atoms with Crippen LogP contribution in [0.5, 0.6) is 0 Å². The molecule has 96 valence electrons. The second kappa shape index (κ2) is 6.56. The van der Waals surface area contributed by atoms with Crippen molar-refractivity contribution in [3.8, 4) is 0 Å². The van der Waals surface area contributed by atoms with E-state index in [-0.39, 0.29) is 5.89 Å². The highest BCUT2D eigenvalue weighted by atomic mass is 32.2. The SMILES string of the molecule is CCCSCc1noc(C(O)c2ccccc2)n1. The molecule has 2 aromatic rings. The van der Waals surface area contributed by atoms with Crippen LogP contribution in [0.25, 0.3) is 0 Å². The predicted molar refractivity (Wildman–Crippen MR) is 71.3 cm³/mol. The summed E-state index contributed by atoms with van der Waals surface area (Å²) in [7, 11) is 0. The first-order chi connectivity index (χ1) is 8.81. The van der Waals surface area contributed by atoms with Gasteiger partial charge < -0.3 is 9.63 Å². The van der Waals surface area contributed by atoms with Crippen LogP contribution in [0.15, 0.2) is 34.9 Å². The Balaban J connectivity index is 2.01. The van der Waals surface area contributed by atoms with Crippen molar-refractivity contribution in [2.75, 3.05) is 5.75 Å². The van der Waals surface area contributed by atoms with Crippen molar-refractivity contribution in [1.29, 1.82) is 0 Å². The molecule has 1 heterocycles. The van der Waals surface area contributed by atoms with Crippen LogP contribution in [-0.4, -0.2) is 21.0 Å². The Hall–Kier alpha value is -1.33. The van der Waals surface area contributed by atoms with E-state index in [1.165, 1.54) is 0 Å². The third kappa shape index (κ3) is 3.34. The van der Waals surface area contributed by atoms with Gasteiger partial charge in [0.2, 0.25) is 0 Å². The molecule has 1 aromatic heterocycles. The summed E-state index contributed by atoms with van der Waals surface area (Å²) < 4.78 is 5.09. The fraction of sp³-hybridized carbons (Fsp3) is 0.385.